The molecular formula is C13H22N4O. The van der Waals surface area contributed by atoms with Crippen molar-refractivity contribution in [2.75, 3.05) is 25.1 Å². The van der Waals surface area contributed by atoms with Crippen LogP contribution in [-0.2, 0) is 11.3 Å². The number of pyridine rings is 1. The van der Waals surface area contributed by atoms with Crippen molar-refractivity contribution in [2.45, 2.75) is 32.4 Å². The van der Waals surface area contributed by atoms with Crippen LogP contribution < -0.4 is 11.3 Å². The first kappa shape index (κ1) is 13.3. The number of anilines is 1. The normalized spacial score (nSPS) is 20.9. The van der Waals surface area contributed by atoms with Crippen LogP contribution in [0.25, 0.3) is 0 Å². The minimum Gasteiger partial charge on any atom is -0.377 e. The summed E-state index contributed by atoms with van der Waals surface area (Å²) in [7, 11) is 0. The van der Waals surface area contributed by atoms with Crippen LogP contribution in [0.5, 0.6) is 0 Å². The van der Waals surface area contributed by atoms with Crippen molar-refractivity contribution in [2.24, 2.45) is 5.84 Å². The Bertz CT molecular complexity index is 370. The minimum absolute atomic E-state index is 0.375. The molecule has 0 amide bonds. The summed E-state index contributed by atoms with van der Waals surface area (Å²) in [6, 6.07) is 5.87. The molecule has 100 valence electrons. The number of likely N-dealkylation sites (tertiary alicyclic amines) is 1. The first-order chi connectivity index (χ1) is 8.81. The van der Waals surface area contributed by atoms with Crippen LogP contribution >= 0.6 is 0 Å². The molecule has 1 aliphatic heterocycles. The second-order valence-electron chi connectivity index (χ2n) is 4.61. The molecule has 2 heterocycles. The minimum atomic E-state index is 0.375. The van der Waals surface area contributed by atoms with Crippen LogP contribution in [0.1, 0.15) is 25.5 Å². The zero-order valence-electron chi connectivity index (χ0n) is 10.9. The van der Waals surface area contributed by atoms with Crippen LogP contribution in [0, 0.1) is 0 Å². The molecule has 0 bridgehead atoms. The molecular weight excluding hydrogens is 228 g/mol. The van der Waals surface area contributed by atoms with E-state index in [1.54, 1.807) is 0 Å². The van der Waals surface area contributed by atoms with Gasteiger partial charge in [-0.05, 0) is 38.4 Å². The maximum absolute atomic E-state index is 5.70. The summed E-state index contributed by atoms with van der Waals surface area (Å²) in [5.41, 5.74) is 3.62. The summed E-state index contributed by atoms with van der Waals surface area (Å²) in [6.07, 6.45) is 2.74. The smallest absolute Gasteiger partial charge is 0.140 e. The van der Waals surface area contributed by atoms with Gasteiger partial charge in [0.1, 0.15) is 5.82 Å². The second kappa shape index (κ2) is 6.68. The van der Waals surface area contributed by atoms with Gasteiger partial charge in [0, 0.05) is 19.7 Å². The molecule has 5 heteroatoms. The van der Waals surface area contributed by atoms with E-state index in [2.05, 4.69) is 22.2 Å². The van der Waals surface area contributed by atoms with Gasteiger partial charge in [-0.15, -0.1) is 0 Å². The molecule has 0 aromatic carbocycles. The molecule has 1 aliphatic rings. The van der Waals surface area contributed by atoms with Gasteiger partial charge in [-0.3, -0.25) is 4.90 Å². The van der Waals surface area contributed by atoms with Crippen LogP contribution in [0.3, 0.4) is 0 Å². The number of nitrogens with zero attached hydrogens (tertiary/aromatic N) is 2. The van der Waals surface area contributed by atoms with E-state index in [4.69, 9.17) is 10.6 Å². The third kappa shape index (κ3) is 3.66. The van der Waals surface area contributed by atoms with E-state index < -0.39 is 0 Å². The fraction of sp³-hybridized carbons (Fsp3) is 0.615. The van der Waals surface area contributed by atoms with Gasteiger partial charge in [0.25, 0.3) is 0 Å². The van der Waals surface area contributed by atoms with Gasteiger partial charge in [0.2, 0.25) is 0 Å². The van der Waals surface area contributed by atoms with Crippen LogP contribution in [0.15, 0.2) is 18.2 Å². The Hall–Kier alpha value is -1.17. The molecule has 0 spiro atoms. The van der Waals surface area contributed by atoms with Crippen molar-refractivity contribution in [1.82, 2.24) is 9.88 Å². The Labute approximate surface area is 108 Å². The number of rotatable bonds is 5. The molecule has 0 saturated carbocycles. The van der Waals surface area contributed by atoms with E-state index >= 15 is 0 Å². The van der Waals surface area contributed by atoms with Gasteiger partial charge in [0.05, 0.1) is 11.8 Å². The topological polar surface area (TPSA) is 63.4 Å². The van der Waals surface area contributed by atoms with E-state index in [1.165, 1.54) is 12.8 Å². The number of aromatic nitrogens is 1. The van der Waals surface area contributed by atoms with Gasteiger partial charge in [-0.25, -0.2) is 10.8 Å². The van der Waals surface area contributed by atoms with Crippen molar-refractivity contribution in [3.05, 3.63) is 23.9 Å². The summed E-state index contributed by atoms with van der Waals surface area (Å²) in [5, 5.41) is 0. The van der Waals surface area contributed by atoms with E-state index in [1.807, 2.05) is 18.2 Å². The summed E-state index contributed by atoms with van der Waals surface area (Å²) >= 11 is 0. The highest BCUT2D eigenvalue weighted by Gasteiger charge is 2.20. The van der Waals surface area contributed by atoms with Crippen molar-refractivity contribution in [3.8, 4) is 0 Å². The predicted octanol–water partition coefficient (Wildman–Crippen LogP) is 1.37. The number of piperidine rings is 1. The average molecular weight is 250 g/mol. The Morgan fingerprint density at radius 3 is 3.22 bits per heavy atom. The zero-order valence-corrected chi connectivity index (χ0v) is 10.9. The molecule has 1 fully saturated rings. The van der Waals surface area contributed by atoms with E-state index in [-0.39, 0.29) is 0 Å². The highest BCUT2D eigenvalue weighted by Crippen LogP contribution is 2.15. The fourth-order valence-electron chi connectivity index (χ4n) is 2.41. The summed E-state index contributed by atoms with van der Waals surface area (Å²) in [5.74, 6) is 6.08. The van der Waals surface area contributed by atoms with Gasteiger partial charge < -0.3 is 10.2 Å². The third-order valence-electron chi connectivity index (χ3n) is 3.20. The SMILES string of the molecule is CCOC1CCCN(Cc2cccc(NN)n2)C1. The van der Waals surface area contributed by atoms with Gasteiger partial charge in [-0.2, -0.15) is 0 Å². The van der Waals surface area contributed by atoms with E-state index in [0.29, 0.717) is 11.9 Å². The van der Waals surface area contributed by atoms with Crippen molar-refractivity contribution >= 4 is 5.82 Å². The molecule has 1 aromatic heterocycles. The molecule has 1 atom stereocenters. The number of nitrogens with one attached hydrogen (secondary N) is 1. The van der Waals surface area contributed by atoms with E-state index in [0.717, 1.165) is 31.9 Å². The lowest BCUT2D eigenvalue weighted by atomic mass is 10.1. The number of hydrazine groups is 1. The largest absolute Gasteiger partial charge is 0.377 e. The number of nitrogens with two attached hydrogens (primary N) is 1. The quantitative estimate of drug-likeness (QED) is 0.610. The van der Waals surface area contributed by atoms with Crippen molar-refractivity contribution < 1.29 is 4.74 Å². The van der Waals surface area contributed by atoms with Crippen molar-refractivity contribution in [3.63, 3.8) is 0 Å². The molecule has 1 unspecified atom stereocenters. The second-order valence-corrected chi connectivity index (χ2v) is 4.61. The molecule has 5 nitrogen and oxygen atoms in total. The zero-order chi connectivity index (χ0) is 12.8. The number of hydrogen-bond acceptors (Lipinski definition) is 5. The maximum atomic E-state index is 5.70. The Balaban J connectivity index is 1.91. The molecule has 1 saturated heterocycles. The highest BCUT2D eigenvalue weighted by molar-refractivity contribution is 5.33. The van der Waals surface area contributed by atoms with Gasteiger partial charge in [-0.1, -0.05) is 6.07 Å². The highest BCUT2D eigenvalue weighted by atomic mass is 16.5. The van der Waals surface area contributed by atoms with Gasteiger partial charge in [0.15, 0.2) is 0 Å². The Morgan fingerprint density at radius 2 is 2.44 bits per heavy atom. The fourth-order valence-corrected chi connectivity index (χ4v) is 2.41. The molecule has 0 radical (unpaired) electrons. The molecule has 2 rings (SSSR count). The lowest BCUT2D eigenvalue weighted by Gasteiger charge is -2.32. The molecule has 3 N–H and O–H groups in total. The maximum Gasteiger partial charge on any atom is 0.140 e. The summed E-state index contributed by atoms with van der Waals surface area (Å²) < 4.78 is 5.70. The molecule has 18 heavy (non-hydrogen) atoms. The number of nitrogen functional groups attached to an aromatic ring is 1. The Kier molecular flexibility index (Phi) is 4.92. The van der Waals surface area contributed by atoms with Crippen LogP contribution in [-0.4, -0.2) is 35.7 Å². The lowest BCUT2D eigenvalue weighted by molar-refractivity contribution is 0.00333. The average Bonchev–Trinajstić information content (AvgIpc) is 2.40. The first-order valence-corrected chi connectivity index (χ1v) is 6.58. The van der Waals surface area contributed by atoms with Gasteiger partial charge >= 0.3 is 0 Å². The van der Waals surface area contributed by atoms with Crippen LogP contribution in [0.2, 0.25) is 0 Å². The van der Waals surface area contributed by atoms with Crippen molar-refractivity contribution in [1.29, 1.82) is 0 Å². The first-order valence-electron chi connectivity index (χ1n) is 6.58. The standard InChI is InChI=1S/C13H22N4O/c1-2-18-12-6-4-8-17(10-12)9-11-5-3-7-13(15-11)16-14/h3,5,7,12H,2,4,6,8-10,14H2,1H3,(H,15,16). The van der Waals surface area contributed by atoms with Crippen LogP contribution in [0.4, 0.5) is 5.82 Å². The monoisotopic (exact) mass is 250 g/mol. The Morgan fingerprint density at radius 1 is 1.56 bits per heavy atom. The predicted molar refractivity (Wildman–Crippen MR) is 72.0 cm³/mol. The summed E-state index contributed by atoms with van der Waals surface area (Å²) in [4.78, 5) is 6.83. The third-order valence-corrected chi connectivity index (χ3v) is 3.20. The van der Waals surface area contributed by atoms with E-state index in [9.17, 15) is 0 Å². The summed E-state index contributed by atoms with van der Waals surface area (Å²) in [6.45, 7) is 5.82. The lowest BCUT2D eigenvalue weighted by Crippen LogP contribution is -2.39. The number of hydrogen-bond donors (Lipinski definition) is 2. The molecule has 1 aromatic rings. The molecule has 0 aliphatic carbocycles. The number of ether oxygens (including phenoxy) is 1.